The molecule has 1 aromatic carbocycles. The second-order valence-electron chi connectivity index (χ2n) is 4.43. The van der Waals surface area contributed by atoms with Gasteiger partial charge in [0.25, 0.3) is 0 Å². The molecule has 0 fully saturated rings. The van der Waals surface area contributed by atoms with Gasteiger partial charge in [0.1, 0.15) is 11.4 Å². The van der Waals surface area contributed by atoms with Crippen LogP contribution in [0, 0.1) is 6.92 Å². The average molecular weight is 191 g/mol. The van der Waals surface area contributed by atoms with Crippen LogP contribution in [-0.2, 0) is 6.42 Å². The van der Waals surface area contributed by atoms with Crippen LogP contribution in [0.25, 0.3) is 0 Å². The lowest BCUT2D eigenvalue weighted by Gasteiger charge is -2.23. The topological polar surface area (TPSA) is 9.23 Å². The molecule has 0 bridgehead atoms. The first kappa shape index (κ1) is 11.1. The van der Waals surface area contributed by atoms with Gasteiger partial charge in [-0.15, -0.1) is 0 Å². The summed E-state index contributed by atoms with van der Waals surface area (Å²) in [6, 6.07) is 8.18. The number of hydrogen-bond donors (Lipinski definition) is 0. The van der Waals surface area contributed by atoms with Crippen LogP contribution in [0.5, 0.6) is 5.75 Å². The quantitative estimate of drug-likeness (QED) is 0.709. The van der Waals surface area contributed by atoms with E-state index >= 15 is 0 Å². The zero-order valence-electron chi connectivity index (χ0n) is 9.34. The van der Waals surface area contributed by atoms with Gasteiger partial charge in [-0.1, -0.05) is 25.1 Å². The molecule has 0 atom stereocenters. The van der Waals surface area contributed by atoms with Gasteiger partial charge >= 0.3 is 0 Å². The van der Waals surface area contributed by atoms with Crippen LogP contribution in [0.4, 0.5) is 0 Å². The van der Waals surface area contributed by atoms with Crippen LogP contribution >= 0.6 is 0 Å². The maximum absolute atomic E-state index is 5.86. The van der Waals surface area contributed by atoms with Crippen molar-refractivity contribution in [2.24, 2.45) is 0 Å². The third-order valence-corrected chi connectivity index (χ3v) is 1.83. The fourth-order valence-corrected chi connectivity index (χ4v) is 1.33. The lowest BCUT2D eigenvalue weighted by molar-refractivity contribution is 0.129. The molecule has 1 heteroatoms. The Morgan fingerprint density at radius 1 is 1.21 bits per heavy atom. The van der Waals surface area contributed by atoms with Crippen molar-refractivity contribution >= 4 is 0 Å². The van der Waals surface area contributed by atoms with Gasteiger partial charge in [-0.3, -0.25) is 0 Å². The highest BCUT2D eigenvalue weighted by Crippen LogP contribution is 2.23. The molecule has 1 rings (SSSR count). The van der Waals surface area contributed by atoms with Crippen LogP contribution in [-0.4, -0.2) is 5.60 Å². The predicted molar refractivity (Wildman–Crippen MR) is 60.5 cm³/mol. The molecular weight excluding hydrogens is 172 g/mol. The van der Waals surface area contributed by atoms with Gasteiger partial charge in [0, 0.05) is 0 Å². The summed E-state index contributed by atoms with van der Waals surface area (Å²) in [6.07, 6.45) is 1.89. The largest absolute Gasteiger partial charge is 0.488 e. The Kier molecular flexibility index (Phi) is 3.56. The predicted octanol–water partition coefficient (Wildman–Crippen LogP) is 3.63. The second-order valence-corrected chi connectivity index (χ2v) is 4.43. The van der Waals surface area contributed by atoms with Crippen molar-refractivity contribution in [3.05, 3.63) is 36.8 Å². The van der Waals surface area contributed by atoms with Crippen LogP contribution in [0.1, 0.15) is 32.8 Å². The Morgan fingerprint density at radius 3 is 2.43 bits per heavy atom. The first-order chi connectivity index (χ1) is 6.53. The number of hydrogen-bond acceptors (Lipinski definition) is 1. The SMILES string of the molecule is [CH2]CCc1ccccc1OC(C)(C)C. The highest BCUT2D eigenvalue weighted by Gasteiger charge is 2.13. The number of benzene rings is 1. The summed E-state index contributed by atoms with van der Waals surface area (Å²) in [4.78, 5) is 0. The highest BCUT2D eigenvalue weighted by molar-refractivity contribution is 5.33. The van der Waals surface area contributed by atoms with Gasteiger partial charge in [0.2, 0.25) is 0 Å². The van der Waals surface area contributed by atoms with Crippen molar-refractivity contribution < 1.29 is 4.74 Å². The molecule has 0 saturated carbocycles. The second kappa shape index (κ2) is 4.50. The van der Waals surface area contributed by atoms with Gasteiger partial charge in [0.05, 0.1) is 0 Å². The summed E-state index contributed by atoms with van der Waals surface area (Å²) < 4.78 is 5.86. The minimum atomic E-state index is -0.128. The van der Waals surface area contributed by atoms with Crippen LogP contribution in [0.2, 0.25) is 0 Å². The summed E-state index contributed by atoms with van der Waals surface area (Å²) >= 11 is 0. The minimum Gasteiger partial charge on any atom is -0.488 e. The van der Waals surface area contributed by atoms with Gasteiger partial charge in [-0.25, -0.2) is 0 Å². The van der Waals surface area contributed by atoms with E-state index in [2.05, 4.69) is 33.8 Å². The monoisotopic (exact) mass is 191 g/mol. The fraction of sp³-hybridized carbons (Fsp3) is 0.462. The standard InChI is InChI=1S/C13H19O/c1-5-8-11-9-6-7-10-12(11)14-13(2,3)4/h6-7,9-10H,1,5,8H2,2-4H3. The van der Waals surface area contributed by atoms with E-state index in [1.165, 1.54) is 5.56 Å². The first-order valence-electron chi connectivity index (χ1n) is 5.09. The van der Waals surface area contributed by atoms with E-state index in [1.54, 1.807) is 0 Å². The molecule has 0 unspecified atom stereocenters. The van der Waals surface area contributed by atoms with Gasteiger partial charge in [-0.2, -0.15) is 0 Å². The van der Waals surface area contributed by atoms with Crippen molar-refractivity contribution in [2.45, 2.75) is 39.2 Å². The molecule has 77 valence electrons. The van der Waals surface area contributed by atoms with Crippen molar-refractivity contribution in [1.29, 1.82) is 0 Å². The molecule has 1 radical (unpaired) electrons. The molecule has 1 aromatic rings. The van der Waals surface area contributed by atoms with E-state index in [4.69, 9.17) is 4.74 Å². The molecule has 0 amide bonds. The highest BCUT2D eigenvalue weighted by atomic mass is 16.5. The lowest BCUT2D eigenvalue weighted by atomic mass is 10.1. The molecule has 0 N–H and O–H groups in total. The molecule has 0 saturated heterocycles. The maximum atomic E-state index is 5.86. The molecule has 0 aliphatic heterocycles. The lowest BCUT2D eigenvalue weighted by Crippen LogP contribution is -2.23. The Bertz CT molecular complexity index is 284. The zero-order valence-corrected chi connectivity index (χ0v) is 9.34. The summed E-state index contributed by atoms with van der Waals surface area (Å²) in [7, 11) is 0. The Labute approximate surface area is 87.1 Å². The third-order valence-electron chi connectivity index (χ3n) is 1.83. The van der Waals surface area contributed by atoms with Crippen molar-refractivity contribution in [1.82, 2.24) is 0 Å². The number of para-hydroxylation sites is 1. The van der Waals surface area contributed by atoms with Crippen molar-refractivity contribution in [3.63, 3.8) is 0 Å². The van der Waals surface area contributed by atoms with Gasteiger partial charge in [0.15, 0.2) is 0 Å². The van der Waals surface area contributed by atoms with E-state index in [0.717, 1.165) is 18.6 Å². The molecule has 14 heavy (non-hydrogen) atoms. The molecule has 0 aliphatic carbocycles. The molecular formula is C13H19O. The Morgan fingerprint density at radius 2 is 1.86 bits per heavy atom. The number of rotatable bonds is 3. The fourth-order valence-electron chi connectivity index (χ4n) is 1.33. The Balaban J connectivity index is 2.84. The normalized spacial score (nSPS) is 11.4. The summed E-state index contributed by atoms with van der Waals surface area (Å²) in [5.74, 6) is 0.989. The van der Waals surface area contributed by atoms with Crippen LogP contribution < -0.4 is 4.74 Å². The van der Waals surface area contributed by atoms with E-state index in [9.17, 15) is 0 Å². The smallest absolute Gasteiger partial charge is 0.123 e. The van der Waals surface area contributed by atoms with Gasteiger partial charge in [-0.05, 0) is 45.2 Å². The van der Waals surface area contributed by atoms with Crippen molar-refractivity contribution in [2.75, 3.05) is 0 Å². The number of aryl methyl sites for hydroxylation is 1. The van der Waals surface area contributed by atoms with Gasteiger partial charge < -0.3 is 4.74 Å². The van der Waals surface area contributed by atoms with Crippen LogP contribution in [0.3, 0.4) is 0 Å². The van der Waals surface area contributed by atoms with Crippen LogP contribution in [0.15, 0.2) is 24.3 Å². The first-order valence-corrected chi connectivity index (χ1v) is 5.09. The van der Waals surface area contributed by atoms with Crippen molar-refractivity contribution in [3.8, 4) is 5.75 Å². The molecule has 0 spiro atoms. The molecule has 1 nitrogen and oxygen atoms in total. The van der Waals surface area contributed by atoms with E-state index in [-0.39, 0.29) is 5.60 Å². The summed E-state index contributed by atoms with van der Waals surface area (Å²) in [5, 5.41) is 0. The summed E-state index contributed by atoms with van der Waals surface area (Å²) in [6.45, 7) is 10.1. The Hall–Kier alpha value is -0.980. The molecule has 0 aromatic heterocycles. The maximum Gasteiger partial charge on any atom is 0.123 e. The average Bonchev–Trinajstić information content (AvgIpc) is 2.06. The molecule has 0 aliphatic rings. The number of ether oxygens (including phenoxy) is 1. The zero-order chi connectivity index (χ0) is 10.6. The van der Waals surface area contributed by atoms with E-state index in [0.29, 0.717) is 0 Å². The summed E-state index contributed by atoms with van der Waals surface area (Å²) in [5.41, 5.74) is 1.12. The van der Waals surface area contributed by atoms with E-state index < -0.39 is 0 Å². The minimum absolute atomic E-state index is 0.128. The third kappa shape index (κ3) is 3.41. The molecule has 0 heterocycles. The van der Waals surface area contributed by atoms with E-state index in [1.807, 2.05) is 18.2 Å².